The first-order chi connectivity index (χ1) is 11.2. The van der Waals surface area contributed by atoms with E-state index in [1.54, 1.807) is 24.7 Å². The summed E-state index contributed by atoms with van der Waals surface area (Å²) in [7, 11) is 0. The van der Waals surface area contributed by atoms with Crippen LogP contribution in [0.1, 0.15) is 17.0 Å². The summed E-state index contributed by atoms with van der Waals surface area (Å²) in [6.07, 6.45) is 8.61. The molecule has 0 saturated carbocycles. The van der Waals surface area contributed by atoms with E-state index in [9.17, 15) is 4.79 Å². The van der Waals surface area contributed by atoms with Crippen molar-refractivity contribution >= 4 is 12.0 Å². The van der Waals surface area contributed by atoms with E-state index in [1.807, 2.05) is 42.0 Å². The molecule has 1 aromatic carbocycles. The quantitative estimate of drug-likeness (QED) is 0.735. The number of aromatic nitrogens is 3. The lowest BCUT2D eigenvalue weighted by molar-refractivity contribution is -0.116. The maximum atomic E-state index is 11.8. The van der Waals surface area contributed by atoms with Crippen LogP contribution >= 0.6 is 0 Å². The molecule has 0 radical (unpaired) electrons. The lowest BCUT2D eigenvalue weighted by Gasteiger charge is -2.02. The average molecular weight is 308 g/mol. The van der Waals surface area contributed by atoms with Crippen LogP contribution in [0.15, 0.2) is 59.7 Å². The highest BCUT2D eigenvalue weighted by Crippen LogP contribution is 2.10. The predicted molar refractivity (Wildman–Crippen MR) is 85.7 cm³/mol. The van der Waals surface area contributed by atoms with Gasteiger partial charge in [0.05, 0.1) is 12.9 Å². The molecule has 0 aliphatic rings. The van der Waals surface area contributed by atoms with E-state index in [-0.39, 0.29) is 5.91 Å². The van der Waals surface area contributed by atoms with E-state index in [1.165, 1.54) is 6.08 Å². The van der Waals surface area contributed by atoms with Crippen LogP contribution in [-0.2, 0) is 11.3 Å². The van der Waals surface area contributed by atoms with Crippen LogP contribution in [0.25, 0.3) is 11.8 Å². The number of benzene rings is 1. The zero-order chi connectivity index (χ0) is 16.1. The average Bonchev–Trinajstić information content (AvgIpc) is 3.23. The maximum Gasteiger partial charge on any atom is 0.244 e. The Hall–Kier alpha value is -3.15. The van der Waals surface area contributed by atoms with Crippen LogP contribution in [0.3, 0.4) is 0 Å². The maximum absolute atomic E-state index is 11.8. The van der Waals surface area contributed by atoms with Gasteiger partial charge in [-0.3, -0.25) is 4.79 Å². The Morgan fingerprint density at radius 1 is 1.35 bits per heavy atom. The van der Waals surface area contributed by atoms with E-state index >= 15 is 0 Å². The van der Waals surface area contributed by atoms with Crippen molar-refractivity contribution in [3.8, 4) is 5.69 Å². The molecule has 6 heteroatoms. The number of nitrogens with zero attached hydrogens (tertiary/aromatic N) is 3. The van der Waals surface area contributed by atoms with Gasteiger partial charge in [0.25, 0.3) is 0 Å². The van der Waals surface area contributed by atoms with E-state index in [2.05, 4.69) is 15.5 Å². The molecule has 116 valence electrons. The Morgan fingerprint density at radius 2 is 2.17 bits per heavy atom. The monoisotopic (exact) mass is 308 g/mol. The van der Waals surface area contributed by atoms with E-state index in [0.29, 0.717) is 12.2 Å². The largest absolute Gasteiger partial charge is 0.361 e. The van der Waals surface area contributed by atoms with Crippen LogP contribution in [0.4, 0.5) is 0 Å². The number of carbonyl (C=O) groups is 1. The second kappa shape index (κ2) is 6.74. The smallest absolute Gasteiger partial charge is 0.244 e. The standard InChI is InChI=1S/C17H16N4O2/c1-13-10-15(20-23-13)11-19-17(22)7-4-14-2-5-16(6-3-14)21-9-8-18-12-21/h2-10,12H,11H2,1H3,(H,19,22). The molecule has 0 unspecified atom stereocenters. The summed E-state index contributed by atoms with van der Waals surface area (Å²) in [4.78, 5) is 15.8. The number of aryl methyl sites for hydroxylation is 1. The van der Waals surface area contributed by atoms with Gasteiger partial charge in [-0.25, -0.2) is 4.98 Å². The van der Waals surface area contributed by atoms with Gasteiger partial charge in [-0.05, 0) is 30.7 Å². The lowest BCUT2D eigenvalue weighted by atomic mass is 10.2. The van der Waals surface area contributed by atoms with E-state index in [4.69, 9.17) is 4.52 Å². The second-order valence-corrected chi connectivity index (χ2v) is 5.04. The number of hydrogen-bond acceptors (Lipinski definition) is 4. The molecule has 3 aromatic rings. The molecule has 0 fully saturated rings. The summed E-state index contributed by atoms with van der Waals surface area (Å²) in [6.45, 7) is 2.16. The normalized spacial score (nSPS) is 11.0. The summed E-state index contributed by atoms with van der Waals surface area (Å²) in [5, 5.41) is 6.57. The SMILES string of the molecule is Cc1cc(CNC(=O)C=Cc2ccc(-n3ccnc3)cc2)no1. The van der Waals surface area contributed by atoms with Gasteiger partial charge in [0, 0.05) is 30.2 Å². The summed E-state index contributed by atoms with van der Waals surface area (Å²) < 4.78 is 6.86. The van der Waals surface area contributed by atoms with Crippen molar-refractivity contribution in [2.24, 2.45) is 0 Å². The Balaban J connectivity index is 1.55. The van der Waals surface area contributed by atoms with Crippen LogP contribution in [0, 0.1) is 6.92 Å². The summed E-state index contributed by atoms with van der Waals surface area (Å²) in [5.74, 6) is 0.548. The molecule has 3 rings (SSSR count). The molecule has 1 amide bonds. The molecular weight excluding hydrogens is 292 g/mol. The zero-order valence-corrected chi connectivity index (χ0v) is 12.6. The van der Waals surface area contributed by atoms with Crippen molar-refractivity contribution in [3.63, 3.8) is 0 Å². The first-order valence-corrected chi connectivity index (χ1v) is 7.17. The molecule has 2 heterocycles. The van der Waals surface area contributed by atoms with Crippen molar-refractivity contribution in [2.45, 2.75) is 13.5 Å². The second-order valence-electron chi connectivity index (χ2n) is 5.04. The van der Waals surface area contributed by atoms with Gasteiger partial charge in [-0.15, -0.1) is 0 Å². The lowest BCUT2D eigenvalue weighted by Crippen LogP contribution is -2.20. The number of carbonyl (C=O) groups excluding carboxylic acids is 1. The Morgan fingerprint density at radius 3 is 2.83 bits per heavy atom. The molecule has 0 spiro atoms. The Kier molecular flexibility index (Phi) is 4.33. The van der Waals surface area contributed by atoms with Gasteiger partial charge >= 0.3 is 0 Å². The highest BCUT2D eigenvalue weighted by molar-refractivity contribution is 5.91. The predicted octanol–water partition coefficient (Wildman–Crippen LogP) is 2.50. The van der Waals surface area contributed by atoms with Gasteiger partial charge < -0.3 is 14.4 Å². The first kappa shape index (κ1) is 14.8. The minimum absolute atomic E-state index is 0.177. The molecule has 0 saturated heterocycles. The fourth-order valence-corrected chi connectivity index (χ4v) is 2.08. The molecule has 0 aliphatic heterocycles. The third-order valence-electron chi connectivity index (χ3n) is 3.24. The molecule has 23 heavy (non-hydrogen) atoms. The summed E-state index contributed by atoms with van der Waals surface area (Å²) in [5.41, 5.74) is 2.67. The van der Waals surface area contributed by atoms with Gasteiger partial charge in [0.15, 0.2) is 0 Å². The van der Waals surface area contributed by atoms with Crippen molar-refractivity contribution in [3.05, 3.63) is 72.1 Å². The topological polar surface area (TPSA) is 73.0 Å². The fourth-order valence-electron chi connectivity index (χ4n) is 2.08. The van der Waals surface area contributed by atoms with Gasteiger partial charge in [-0.1, -0.05) is 17.3 Å². The van der Waals surface area contributed by atoms with Crippen molar-refractivity contribution in [1.82, 2.24) is 20.0 Å². The number of amides is 1. The molecule has 2 aromatic heterocycles. The summed E-state index contributed by atoms with van der Waals surface area (Å²) >= 11 is 0. The summed E-state index contributed by atoms with van der Waals surface area (Å²) in [6, 6.07) is 9.62. The first-order valence-electron chi connectivity index (χ1n) is 7.17. The van der Waals surface area contributed by atoms with Crippen molar-refractivity contribution in [1.29, 1.82) is 0 Å². The molecule has 6 nitrogen and oxygen atoms in total. The van der Waals surface area contributed by atoms with E-state index < -0.39 is 0 Å². The third-order valence-corrected chi connectivity index (χ3v) is 3.24. The molecule has 0 atom stereocenters. The number of rotatable bonds is 5. The Labute approximate surface area is 133 Å². The van der Waals surface area contributed by atoms with Gasteiger partial charge in [0.1, 0.15) is 11.5 Å². The van der Waals surface area contributed by atoms with Crippen LogP contribution in [0.5, 0.6) is 0 Å². The van der Waals surface area contributed by atoms with Crippen LogP contribution in [0.2, 0.25) is 0 Å². The minimum Gasteiger partial charge on any atom is -0.361 e. The number of nitrogens with one attached hydrogen (secondary N) is 1. The fraction of sp³-hybridized carbons (Fsp3) is 0.118. The third kappa shape index (κ3) is 3.94. The molecular formula is C17H16N4O2. The molecule has 0 bridgehead atoms. The highest BCUT2D eigenvalue weighted by atomic mass is 16.5. The molecule has 0 aliphatic carbocycles. The number of imidazole rings is 1. The van der Waals surface area contributed by atoms with Crippen molar-refractivity contribution < 1.29 is 9.32 Å². The highest BCUT2D eigenvalue weighted by Gasteiger charge is 2.01. The molecule has 1 N–H and O–H groups in total. The van der Waals surface area contributed by atoms with Crippen LogP contribution in [-0.4, -0.2) is 20.6 Å². The van der Waals surface area contributed by atoms with Crippen LogP contribution < -0.4 is 5.32 Å². The van der Waals surface area contributed by atoms with Gasteiger partial charge in [0.2, 0.25) is 5.91 Å². The zero-order valence-electron chi connectivity index (χ0n) is 12.6. The van der Waals surface area contributed by atoms with Crippen molar-refractivity contribution in [2.75, 3.05) is 0 Å². The number of hydrogen-bond donors (Lipinski definition) is 1. The van der Waals surface area contributed by atoms with Gasteiger partial charge in [-0.2, -0.15) is 0 Å². The Bertz CT molecular complexity index is 802. The van der Waals surface area contributed by atoms with E-state index in [0.717, 1.165) is 17.0 Å². The minimum atomic E-state index is -0.177.